The molecule has 0 aromatic heterocycles. The lowest BCUT2D eigenvalue weighted by Crippen LogP contribution is -1.94. The smallest absolute Gasteiger partial charge is 0.129 e. The minimum atomic E-state index is 0.324. The van der Waals surface area contributed by atoms with Gasteiger partial charge < -0.3 is 4.84 Å². The highest BCUT2D eigenvalue weighted by Gasteiger charge is 2.02. The Labute approximate surface area is 78.0 Å². The van der Waals surface area contributed by atoms with E-state index in [0.29, 0.717) is 6.10 Å². The van der Waals surface area contributed by atoms with Crippen LogP contribution in [0.1, 0.15) is 54.9 Å². The Kier molecular flexibility index (Phi) is 32.8. The SMILES string of the molecule is CC.CC.CC.CC1CC=NO1. The normalized spacial score (nSPS) is 16.8. The van der Waals surface area contributed by atoms with Crippen molar-refractivity contribution in [2.45, 2.75) is 61.0 Å². The summed E-state index contributed by atoms with van der Waals surface area (Å²) in [6.45, 7) is 14.0. The summed E-state index contributed by atoms with van der Waals surface area (Å²) in [7, 11) is 0. The van der Waals surface area contributed by atoms with Gasteiger partial charge in [0.1, 0.15) is 6.10 Å². The van der Waals surface area contributed by atoms with Gasteiger partial charge in [0.05, 0.1) is 0 Å². The highest BCUT2D eigenvalue weighted by molar-refractivity contribution is 5.58. The first kappa shape index (κ1) is 17.5. The number of nitrogens with zero attached hydrogens (tertiary/aromatic N) is 1. The van der Waals surface area contributed by atoms with Crippen LogP contribution in [0.25, 0.3) is 0 Å². The van der Waals surface area contributed by atoms with Gasteiger partial charge in [-0.2, -0.15) is 0 Å². The van der Waals surface area contributed by atoms with Gasteiger partial charge in [-0.05, 0) is 6.92 Å². The third-order valence-corrected chi connectivity index (χ3v) is 0.753. The van der Waals surface area contributed by atoms with Crippen molar-refractivity contribution in [1.29, 1.82) is 0 Å². The molecule has 1 atom stereocenters. The van der Waals surface area contributed by atoms with Crippen molar-refractivity contribution in [3.63, 3.8) is 0 Å². The van der Waals surface area contributed by atoms with Crippen LogP contribution in [0.2, 0.25) is 0 Å². The van der Waals surface area contributed by atoms with Gasteiger partial charge in [0.25, 0.3) is 0 Å². The summed E-state index contributed by atoms with van der Waals surface area (Å²) in [5.41, 5.74) is 0. The second kappa shape index (κ2) is 22.4. The maximum absolute atomic E-state index is 4.72. The molecule has 0 aliphatic carbocycles. The van der Waals surface area contributed by atoms with E-state index in [2.05, 4.69) is 5.16 Å². The Morgan fingerprint density at radius 1 is 1.08 bits per heavy atom. The molecule has 0 saturated heterocycles. The molecule has 0 radical (unpaired) electrons. The van der Waals surface area contributed by atoms with Gasteiger partial charge in [-0.1, -0.05) is 46.7 Å². The minimum Gasteiger partial charge on any atom is -0.393 e. The molecule has 1 aliphatic rings. The molecule has 76 valence electrons. The van der Waals surface area contributed by atoms with Crippen LogP contribution in [-0.2, 0) is 4.84 Å². The predicted molar refractivity (Wildman–Crippen MR) is 57.7 cm³/mol. The van der Waals surface area contributed by atoms with E-state index in [4.69, 9.17) is 4.84 Å². The third-order valence-electron chi connectivity index (χ3n) is 0.753. The number of oxime groups is 1. The largest absolute Gasteiger partial charge is 0.393 e. The lowest BCUT2D eigenvalue weighted by molar-refractivity contribution is 0.0996. The minimum absolute atomic E-state index is 0.324. The van der Waals surface area contributed by atoms with Gasteiger partial charge in [0, 0.05) is 12.6 Å². The van der Waals surface area contributed by atoms with Crippen molar-refractivity contribution in [3.8, 4) is 0 Å². The monoisotopic (exact) mass is 175 g/mol. The van der Waals surface area contributed by atoms with Crippen molar-refractivity contribution in [1.82, 2.24) is 0 Å². The van der Waals surface area contributed by atoms with Crippen LogP contribution in [0.3, 0.4) is 0 Å². The summed E-state index contributed by atoms with van der Waals surface area (Å²) in [5, 5.41) is 3.54. The summed E-state index contributed by atoms with van der Waals surface area (Å²) in [6, 6.07) is 0. The fraction of sp³-hybridized carbons (Fsp3) is 0.900. The van der Waals surface area contributed by atoms with Gasteiger partial charge in [-0.15, -0.1) is 0 Å². The fourth-order valence-electron chi connectivity index (χ4n) is 0.381. The number of rotatable bonds is 0. The lowest BCUT2D eigenvalue weighted by Gasteiger charge is -1.93. The van der Waals surface area contributed by atoms with E-state index in [1.165, 1.54) is 0 Å². The van der Waals surface area contributed by atoms with Crippen molar-refractivity contribution in [2.75, 3.05) is 0 Å². The molecule has 2 nitrogen and oxygen atoms in total. The van der Waals surface area contributed by atoms with E-state index in [0.717, 1.165) is 6.42 Å². The van der Waals surface area contributed by atoms with Crippen LogP contribution in [0.5, 0.6) is 0 Å². The second-order valence-electron chi connectivity index (χ2n) is 1.44. The first-order valence-electron chi connectivity index (χ1n) is 5.07. The quantitative estimate of drug-likeness (QED) is 0.548. The summed E-state index contributed by atoms with van der Waals surface area (Å²) in [5.74, 6) is 0. The lowest BCUT2D eigenvalue weighted by atomic mass is 10.3. The molecule has 0 N–H and O–H groups in total. The first-order valence-corrected chi connectivity index (χ1v) is 5.07. The van der Waals surface area contributed by atoms with Gasteiger partial charge in [0.15, 0.2) is 0 Å². The predicted octanol–water partition coefficient (Wildman–Crippen LogP) is 3.86. The molecule has 2 heteroatoms. The molecule has 0 bridgehead atoms. The number of hydrogen-bond acceptors (Lipinski definition) is 2. The van der Waals surface area contributed by atoms with E-state index in [1.807, 2.05) is 48.5 Å². The summed E-state index contributed by atoms with van der Waals surface area (Å²) in [4.78, 5) is 4.72. The molecule has 1 unspecified atom stereocenters. The van der Waals surface area contributed by atoms with Crippen molar-refractivity contribution >= 4 is 6.21 Å². The summed E-state index contributed by atoms with van der Waals surface area (Å²) < 4.78 is 0. The molecule has 0 aromatic carbocycles. The van der Waals surface area contributed by atoms with Crippen LogP contribution in [0.15, 0.2) is 5.16 Å². The molecule has 0 spiro atoms. The molecule has 1 aliphatic heterocycles. The summed E-state index contributed by atoms with van der Waals surface area (Å²) >= 11 is 0. The fourth-order valence-corrected chi connectivity index (χ4v) is 0.381. The van der Waals surface area contributed by atoms with E-state index in [-0.39, 0.29) is 0 Å². The molecule has 0 amide bonds. The van der Waals surface area contributed by atoms with Crippen molar-refractivity contribution in [3.05, 3.63) is 0 Å². The molecule has 1 rings (SSSR count). The van der Waals surface area contributed by atoms with E-state index in [9.17, 15) is 0 Å². The van der Waals surface area contributed by atoms with Gasteiger partial charge in [0.2, 0.25) is 0 Å². The average molecular weight is 175 g/mol. The topological polar surface area (TPSA) is 21.6 Å². The first-order chi connectivity index (χ1) is 5.89. The third kappa shape index (κ3) is 16.2. The van der Waals surface area contributed by atoms with Gasteiger partial charge in [-0.25, -0.2) is 0 Å². The van der Waals surface area contributed by atoms with E-state index in [1.54, 1.807) is 6.21 Å². The Morgan fingerprint density at radius 3 is 1.58 bits per heavy atom. The highest BCUT2D eigenvalue weighted by atomic mass is 16.6. The van der Waals surface area contributed by atoms with Crippen LogP contribution in [0, 0.1) is 0 Å². The standard InChI is InChI=1S/C4H7NO.3C2H6/c1-4-2-3-5-6-4;3*1-2/h3-4H,2H2,1H3;3*1-2H3. The molecular weight excluding hydrogens is 150 g/mol. The van der Waals surface area contributed by atoms with E-state index < -0.39 is 0 Å². The molecule has 1 heterocycles. The average Bonchev–Trinajstić information content (AvgIpc) is 2.66. The Bertz CT molecular complexity index is 64.2. The van der Waals surface area contributed by atoms with Gasteiger partial charge in [-0.3, -0.25) is 0 Å². The Balaban J connectivity index is -0.000000117. The maximum Gasteiger partial charge on any atom is 0.129 e. The molecule has 0 fully saturated rings. The zero-order chi connectivity index (χ0) is 10.4. The van der Waals surface area contributed by atoms with Crippen LogP contribution >= 0.6 is 0 Å². The zero-order valence-electron chi connectivity index (χ0n) is 9.72. The van der Waals surface area contributed by atoms with E-state index >= 15 is 0 Å². The molecule has 12 heavy (non-hydrogen) atoms. The molecule has 0 aromatic rings. The van der Waals surface area contributed by atoms with Gasteiger partial charge >= 0.3 is 0 Å². The number of hydrogen-bond donors (Lipinski definition) is 0. The summed E-state index contributed by atoms with van der Waals surface area (Å²) in [6.07, 6.45) is 3.08. The van der Waals surface area contributed by atoms with Crippen molar-refractivity contribution in [2.24, 2.45) is 5.16 Å². The van der Waals surface area contributed by atoms with Crippen LogP contribution in [0.4, 0.5) is 0 Å². The second-order valence-corrected chi connectivity index (χ2v) is 1.44. The molecular formula is C10H25NO. The van der Waals surface area contributed by atoms with Crippen molar-refractivity contribution < 1.29 is 4.84 Å². The van der Waals surface area contributed by atoms with Crippen LogP contribution in [-0.4, -0.2) is 12.3 Å². The highest BCUT2D eigenvalue weighted by Crippen LogP contribution is 2.00. The van der Waals surface area contributed by atoms with Crippen LogP contribution < -0.4 is 0 Å². The maximum atomic E-state index is 4.72. The Morgan fingerprint density at radius 2 is 1.50 bits per heavy atom. The zero-order valence-corrected chi connectivity index (χ0v) is 9.72. The molecule has 0 saturated carbocycles. The Hall–Kier alpha value is -0.530.